The van der Waals surface area contributed by atoms with Crippen molar-refractivity contribution in [1.82, 2.24) is 0 Å². The fourth-order valence-corrected chi connectivity index (χ4v) is 4.15. The third-order valence-corrected chi connectivity index (χ3v) is 5.66. The molecule has 1 nitrogen and oxygen atoms in total. The van der Waals surface area contributed by atoms with Crippen molar-refractivity contribution in [3.05, 3.63) is 29.8 Å². The molecule has 0 aliphatic carbocycles. The molecule has 1 unspecified atom stereocenters. The Hall–Kier alpha value is -0.903. The summed E-state index contributed by atoms with van der Waals surface area (Å²) < 4.78 is 40.9. The molecular formula is C19H27F3OSSi. The zero-order valence-electron chi connectivity index (χ0n) is 15.7. The second-order valence-electron chi connectivity index (χ2n) is 8.02. The molecule has 1 rings (SSSR count). The van der Waals surface area contributed by atoms with Crippen molar-refractivity contribution in [2.45, 2.75) is 68.4 Å². The van der Waals surface area contributed by atoms with Crippen LogP contribution in [0.1, 0.15) is 32.3 Å². The SMILES string of the molecule is CSc1ccccc1C(C)(C)CC(O)(CC#C[Si](C)(C)C)C(F)(F)F. The molecule has 0 aliphatic heterocycles. The normalized spacial score (nSPS) is 15.3. The topological polar surface area (TPSA) is 20.2 Å². The molecule has 0 heterocycles. The quantitative estimate of drug-likeness (QED) is 0.400. The monoisotopic (exact) mass is 388 g/mol. The van der Waals surface area contributed by atoms with E-state index < -0.39 is 38.1 Å². The second-order valence-corrected chi connectivity index (χ2v) is 13.6. The molecule has 0 fully saturated rings. The minimum absolute atomic E-state index is 0.429. The molecule has 0 saturated heterocycles. The van der Waals surface area contributed by atoms with E-state index >= 15 is 0 Å². The number of benzene rings is 1. The molecule has 0 aliphatic rings. The molecule has 1 aromatic carbocycles. The Labute approximate surface area is 154 Å². The van der Waals surface area contributed by atoms with E-state index in [1.54, 1.807) is 13.8 Å². The third-order valence-electron chi connectivity index (χ3n) is 3.94. The molecule has 0 aromatic heterocycles. The van der Waals surface area contributed by atoms with Gasteiger partial charge in [0.1, 0.15) is 8.07 Å². The maximum absolute atomic E-state index is 13.6. The molecule has 1 aromatic rings. The summed E-state index contributed by atoms with van der Waals surface area (Å²) in [6.45, 7) is 9.37. The fraction of sp³-hybridized carbons (Fsp3) is 0.579. The highest BCUT2D eigenvalue weighted by molar-refractivity contribution is 7.98. The molecule has 0 amide bonds. The second kappa shape index (κ2) is 7.77. The maximum atomic E-state index is 13.6. The van der Waals surface area contributed by atoms with Gasteiger partial charge in [-0.1, -0.05) is 51.7 Å². The third kappa shape index (κ3) is 6.09. The van der Waals surface area contributed by atoms with Crippen LogP contribution in [-0.4, -0.2) is 31.2 Å². The average Bonchev–Trinajstić information content (AvgIpc) is 2.44. The Morgan fingerprint density at radius 2 is 1.68 bits per heavy atom. The Morgan fingerprint density at radius 3 is 2.16 bits per heavy atom. The van der Waals surface area contributed by atoms with E-state index in [0.29, 0.717) is 0 Å². The number of hydrogen-bond donors (Lipinski definition) is 1. The van der Waals surface area contributed by atoms with E-state index in [2.05, 4.69) is 11.5 Å². The first kappa shape index (κ1) is 22.1. The predicted molar refractivity (Wildman–Crippen MR) is 103 cm³/mol. The summed E-state index contributed by atoms with van der Waals surface area (Å²) in [4.78, 5) is 0.921. The van der Waals surface area contributed by atoms with Gasteiger partial charge in [-0.15, -0.1) is 23.2 Å². The average molecular weight is 389 g/mol. The molecule has 6 heteroatoms. The molecule has 0 bridgehead atoms. The predicted octanol–water partition coefficient (Wildman–Crippen LogP) is 5.64. The van der Waals surface area contributed by atoms with Gasteiger partial charge in [-0.3, -0.25) is 0 Å². The Bertz CT molecular complexity index is 653. The molecule has 0 spiro atoms. The van der Waals surface area contributed by atoms with E-state index in [9.17, 15) is 18.3 Å². The zero-order chi connectivity index (χ0) is 19.5. The summed E-state index contributed by atoms with van der Waals surface area (Å²) in [5.74, 6) is 2.61. The largest absolute Gasteiger partial charge is 0.418 e. The van der Waals surface area contributed by atoms with Crippen LogP contribution in [0.25, 0.3) is 0 Å². The summed E-state index contributed by atoms with van der Waals surface area (Å²) in [6, 6.07) is 7.39. The molecule has 0 saturated carbocycles. The lowest BCUT2D eigenvalue weighted by Crippen LogP contribution is -2.49. The van der Waals surface area contributed by atoms with E-state index in [1.807, 2.05) is 50.2 Å². The van der Waals surface area contributed by atoms with E-state index in [-0.39, 0.29) is 0 Å². The van der Waals surface area contributed by atoms with Gasteiger partial charge in [-0.2, -0.15) is 13.2 Å². The standard InChI is InChI=1S/C19H27F3OSSi/c1-17(2,15-10-7-8-11-16(15)24-3)14-18(23,19(20,21)22)12-9-13-25(4,5)6/h7-8,10-11,23H,12,14H2,1-6H3. The van der Waals surface area contributed by atoms with Gasteiger partial charge >= 0.3 is 6.18 Å². The van der Waals surface area contributed by atoms with Crippen molar-refractivity contribution in [2.24, 2.45) is 0 Å². The van der Waals surface area contributed by atoms with Crippen LogP contribution in [0.3, 0.4) is 0 Å². The summed E-state index contributed by atoms with van der Waals surface area (Å²) in [5, 5.41) is 10.5. The number of hydrogen-bond acceptors (Lipinski definition) is 2. The Morgan fingerprint density at radius 1 is 1.12 bits per heavy atom. The van der Waals surface area contributed by atoms with Gasteiger partial charge < -0.3 is 5.11 Å². The van der Waals surface area contributed by atoms with Gasteiger partial charge in [-0.25, -0.2) is 0 Å². The van der Waals surface area contributed by atoms with Crippen molar-refractivity contribution in [1.29, 1.82) is 0 Å². The van der Waals surface area contributed by atoms with Crippen LogP contribution < -0.4 is 0 Å². The van der Waals surface area contributed by atoms with Crippen molar-refractivity contribution in [3.63, 3.8) is 0 Å². The van der Waals surface area contributed by atoms with Gasteiger partial charge in [0, 0.05) is 11.3 Å². The van der Waals surface area contributed by atoms with Crippen LogP contribution >= 0.6 is 11.8 Å². The van der Waals surface area contributed by atoms with Crippen LogP contribution in [0, 0.1) is 11.5 Å². The maximum Gasteiger partial charge on any atom is 0.418 e. The lowest BCUT2D eigenvalue weighted by molar-refractivity contribution is -0.264. The molecule has 0 radical (unpaired) electrons. The summed E-state index contributed by atoms with van der Waals surface area (Å²) >= 11 is 1.49. The Kier molecular flexibility index (Phi) is 6.88. The van der Waals surface area contributed by atoms with Gasteiger partial charge in [0.2, 0.25) is 0 Å². The molecule has 140 valence electrons. The van der Waals surface area contributed by atoms with Crippen molar-refractivity contribution < 1.29 is 18.3 Å². The zero-order valence-corrected chi connectivity index (χ0v) is 17.5. The molecular weight excluding hydrogens is 361 g/mol. The minimum atomic E-state index is -4.73. The lowest BCUT2D eigenvalue weighted by atomic mass is 9.74. The number of aliphatic hydroxyl groups is 1. The van der Waals surface area contributed by atoms with Gasteiger partial charge in [0.15, 0.2) is 5.60 Å². The smallest absolute Gasteiger partial charge is 0.380 e. The fourth-order valence-electron chi connectivity index (χ4n) is 2.75. The van der Waals surface area contributed by atoms with Crippen molar-refractivity contribution >= 4 is 19.8 Å². The molecule has 1 N–H and O–H groups in total. The van der Waals surface area contributed by atoms with Crippen molar-refractivity contribution in [3.8, 4) is 11.5 Å². The van der Waals surface area contributed by atoms with Gasteiger partial charge in [-0.05, 0) is 29.7 Å². The number of thioether (sulfide) groups is 1. The van der Waals surface area contributed by atoms with Gasteiger partial charge in [0.25, 0.3) is 0 Å². The lowest BCUT2D eigenvalue weighted by Gasteiger charge is -2.37. The van der Waals surface area contributed by atoms with Crippen LogP contribution in [0.4, 0.5) is 13.2 Å². The van der Waals surface area contributed by atoms with Crippen LogP contribution in [-0.2, 0) is 5.41 Å². The first-order valence-corrected chi connectivity index (χ1v) is 12.9. The summed E-state index contributed by atoms with van der Waals surface area (Å²) in [7, 11) is -1.80. The highest BCUT2D eigenvalue weighted by Crippen LogP contribution is 2.44. The number of halogens is 3. The highest BCUT2D eigenvalue weighted by atomic mass is 32.2. The van der Waals surface area contributed by atoms with Crippen LogP contribution in [0.5, 0.6) is 0 Å². The minimum Gasteiger partial charge on any atom is -0.380 e. The summed E-state index contributed by atoms with van der Waals surface area (Å²) in [5.41, 5.74) is 0.0639. The van der Waals surface area contributed by atoms with E-state index in [1.165, 1.54) is 11.8 Å². The van der Waals surface area contributed by atoms with Crippen LogP contribution in [0.15, 0.2) is 29.2 Å². The molecule has 1 atom stereocenters. The number of rotatable bonds is 5. The number of alkyl halides is 3. The molecule has 25 heavy (non-hydrogen) atoms. The van der Waals surface area contributed by atoms with E-state index in [4.69, 9.17) is 0 Å². The van der Waals surface area contributed by atoms with Crippen LogP contribution in [0.2, 0.25) is 19.6 Å². The van der Waals surface area contributed by atoms with Crippen molar-refractivity contribution in [2.75, 3.05) is 6.26 Å². The summed E-state index contributed by atoms with van der Waals surface area (Å²) in [6.07, 6.45) is -3.86. The van der Waals surface area contributed by atoms with Gasteiger partial charge in [0.05, 0.1) is 0 Å². The van der Waals surface area contributed by atoms with E-state index in [0.717, 1.165) is 10.5 Å². The first-order chi connectivity index (χ1) is 11.2. The Balaban J connectivity index is 3.22. The first-order valence-electron chi connectivity index (χ1n) is 8.14. The highest BCUT2D eigenvalue weighted by Gasteiger charge is 2.55.